The lowest BCUT2D eigenvalue weighted by molar-refractivity contribution is -0.151. The highest BCUT2D eigenvalue weighted by molar-refractivity contribution is 8.00. The Morgan fingerprint density at radius 1 is 1.38 bits per heavy atom. The molecule has 0 spiro atoms. The molecule has 0 aromatic heterocycles. The molecule has 5 heteroatoms. The van der Waals surface area contributed by atoms with Crippen molar-refractivity contribution in [1.82, 2.24) is 0 Å². The minimum absolute atomic E-state index is 0.237. The fourth-order valence-corrected chi connectivity index (χ4v) is 1.50. The van der Waals surface area contributed by atoms with Crippen molar-refractivity contribution in [3.8, 4) is 0 Å². The van der Waals surface area contributed by atoms with Crippen LogP contribution in [0.5, 0.6) is 0 Å². The van der Waals surface area contributed by atoms with Crippen LogP contribution in [0.25, 0.3) is 0 Å². The SMILES string of the molecule is CC(=CCSCC(=O)OC(C)(C)C)C(=O)O. The molecule has 0 heterocycles. The predicted molar refractivity (Wildman–Crippen MR) is 64.6 cm³/mol. The second kappa shape index (κ2) is 6.58. The van der Waals surface area contributed by atoms with Crippen molar-refractivity contribution in [2.45, 2.75) is 33.3 Å². The predicted octanol–water partition coefficient (Wildman–Crippen LogP) is 2.09. The molecule has 0 saturated heterocycles. The summed E-state index contributed by atoms with van der Waals surface area (Å²) >= 11 is 1.33. The van der Waals surface area contributed by atoms with Crippen molar-refractivity contribution >= 4 is 23.7 Å². The minimum Gasteiger partial charge on any atom is -0.478 e. The number of rotatable bonds is 5. The van der Waals surface area contributed by atoms with E-state index in [1.165, 1.54) is 18.7 Å². The summed E-state index contributed by atoms with van der Waals surface area (Å²) in [6, 6.07) is 0. The third kappa shape index (κ3) is 8.35. The zero-order valence-corrected chi connectivity index (χ0v) is 10.9. The van der Waals surface area contributed by atoms with Gasteiger partial charge in [-0.05, 0) is 27.7 Å². The number of aliphatic carboxylic acids is 1. The van der Waals surface area contributed by atoms with E-state index in [1.54, 1.807) is 6.08 Å². The van der Waals surface area contributed by atoms with Gasteiger partial charge in [0.2, 0.25) is 0 Å². The number of hydrogen-bond acceptors (Lipinski definition) is 4. The first-order chi connectivity index (χ1) is 7.22. The van der Waals surface area contributed by atoms with Gasteiger partial charge in [0.05, 0.1) is 5.75 Å². The van der Waals surface area contributed by atoms with Crippen LogP contribution in [0.4, 0.5) is 0 Å². The highest BCUT2D eigenvalue weighted by atomic mass is 32.2. The quantitative estimate of drug-likeness (QED) is 0.457. The summed E-state index contributed by atoms with van der Waals surface area (Å²) in [7, 11) is 0. The van der Waals surface area contributed by atoms with Gasteiger partial charge < -0.3 is 9.84 Å². The van der Waals surface area contributed by atoms with Gasteiger partial charge >= 0.3 is 11.9 Å². The van der Waals surface area contributed by atoms with E-state index in [-0.39, 0.29) is 17.3 Å². The van der Waals surface area contributed by atoms with E-state index >= 15 is 0 Å². The molecule has 0 atom stereocenters. The van der Waals surface area contributed by atoms with Crippen LogP contribution in [0.1, 0.15) is 27.7 Å². The Labute approximate surface area is 100 Å². The molecular formula is C11H18O4S. The Hall–Kier alpha value is -0.970. The maximum Gasteiger partial charge on any atom is 0.330 e. The third-order valence-corrected chi connectivity index (χ3v) is 2.33. The number of carboxylic acid groups (broad SMARTS) is 1. The van der Waals surface area contributed by atoms with Crippen LogP contribution in [0.2, 0.25) is 0 Å². The van der Waals surface area contributed by atoms with Crippen LogP contribution in [0, 0.1) is 0 Å². The van der Waals surface area contributed by atoms with Crippen molar-refractivity contribution in [3.63, 3.8) is 0 Å². The van der Waals surface area contributed by atoms with Crippen LogP contribution in [0.15, 0.2) is 11.6 Å². The Morgan fingerprint density at radius 3 is 2.38 bits per heavy atom. The molecule has 92 valence electrons. The number of carbonyl (C=O) groups is 2. The van der Waals surface area contributed by atoms with Crippen LogP contribution < -0.4 is 0 Å². The van der Waals surface area contributed by atoms with Crippen LogP contribution >= 0.6 is 11.8 Å². The Kier molecular flexibility index (Phi) is 6.18. The molecule has 0 unspecified atom stereocenters. The lowest BCUT2D eigenvalue weighted by Gasteiger charge is -2.19. The van der Waals surface area contributed by atoms with Gasteiger partial charge in [-0.25, -0.2) is 4.79 Å². The standard InChI is InChI=1S/C11H18O4S/c1-8(10(13)14)5-6-16-7-9(12)15-11(2,3)4/h5H,6-7H2,1-4H3,(H,13,14). The number of thioether (sulfide) groups is 1. The fraction of sp³-hybridized carbons (Fsp3) is 0.636. The van der Waals surface area contributed by atoms with E-state index in [0.29, 0.717) is 5.75 Å². The average Bonchev–Trinajstić information content (AvgIpc) is 2.08. The highest BCUT2D eigenvalue weighted by Crippen LogP contribution is 2.10. The van der Waals surface area contributed by atoms with Crippen LogP contribution in [-0.4, -0.2) is 34.2 Å². The normalized spacial score (nSPS) is 12.4. The molecule has 0 bridgehead atoms. The second-order valence-electron chi connectivity index (χ2n) is 4.29. The number of esters is 1. The van der Waals surface area contributed by atoms with Gasteiger partial charge in [0.15, 0.2) is 0 Å². The number of ether oxygens (including phenoxy) is 1. The highest BCUT2D eigenvalue weighted by Gasteiger charge is 2.15. The van der Waals surface area contributed by atoms with Gasteiger partial charge in [0, 0.05) is 11.3 Å². The molecule has 4 nitrogen and oxygen atoms in total. The summed E-state index contributed by atoms with van der Waals surface area (Å²) in [6.45, 7) is 6.95. The summed E-state index contributed by atoms with van der Waals surface area (Å²) in [5.41, 5.74) is -0.179. The number of carboxylic acids is 1. The van der Waals surface area contributed by atoms with Gasteiger partial charge in [-0.3, -0.25) is 4.79 Å². The Morgan fingerprint density at radius 2 is 1.94 bits per heavy atom. The lowest BCUT2D eigenvalue weighted by Crippen LogP contribution is -2.25. The average molecular weight is 246 g/mol. The van der Waals surface area contributed by atoms with Gasteiger partial charge in [-0.2, -0.15) is 0 Å². The van der Waals surface area contributed by atoms with Gasteiger partial charge in [-0.1, -0.05) is 6.08 Å². The zero-order valence-electron chi connectivity index (χ0n) is 10.1. The molecule has 0 saturated carbocycles. The topological polar surface area (TPSA) is 63.6 Å². The van der Waals surface area contributed by atoms with Crippen molar-refractivity contribution in [3.05, 3.63) is 11.6 Å². The van der Waals surface area contributed by atoms with Gasteiger partial charge in [-0.15, -0.1) is 11.8 Å². The summed E-state index contributed by atoms with van der Waals surface area (Å²) < 4.78 is 5.10. The molecular weight excluding hydrogens is 228 g/mol. The van der Waals surface area contributed by atoms with E-state index in [2.05, 4.69) is 0 Å². The van der Waals surface area contributed by atoms with Crippen LogP contribution in [0.3, 0.4) is 0 Å². The monoisotopic (exact) mass is 246 g/mol. The number of carbonyl (C=O) groups excluding carboxylic acids is 1. The smallest absolute Gasteiger partial charge is 0.330 e. The zero-order chi connectivity index (χ0) is 12.8. The molecule has 0 aromatic rings. The first-order valence-electron chi connectivity index (χ1n) is 4.92. The minimum atomic E-state index is -0.933. The van der Waals surface area contributed by atoms with E-state index in [9.17, 15) is 9.59 Å². The molecule has 0 fully saturated rings. The summed E-state index contributed by atoms with van der Waals surface area (Å²) in [5.74, 6) is -0.477. The van der Waals surface area contributed by atoms with Gasteiger partial charge in [0.1, 0.15) is 5.60 Å². The summed E-state index contributed by atoms with van der Waals surface area (Å²) in [4.78, 5) is 21.7. The Balaban J connectivity index is 3.80. The van der Waals surface area contributed by atoms with Crippen molar-refractivity contribution in [2.24, 2.45) is 0 Å². The van der Waals surface area contributed by atoms with Crippen LogP contribution in [-0.2, 0) is 14.3 Å². The molecule has 0 aliphatic carbocycles. The molecule has 0 radical (unpaired) electrons. The van der Waals surface area contributed by atoms with E-state index in [1.807, 2.05) is 20.8 Å². The molecule has 0 aromatic carbocycles. The molecule has 0 rings (SSSR count). The maximum atomic E-state index is 11.3. The van der Waals surface area contributed by atoms with E-state index < -0.39 is 11.6 Å². The van der Waals surface area contributed by atoms with E-state index in [4.69, 9.17) is 9.84 Å². The van der Waals surface area contributed by atoms with Crippen molar-refractivity contribution in [1.29, 1.82) is 0 Å². The van der Waals surface area contributed by atoms with Crippen molar-refractivity contribution in [2.75, 3.05) is 11.5 Å². The second-order valence-corrected chi connectivity index (χ2v) is 5.32. The first-order valence-corrected chi connectivity index (χ1v) is 6.07. The molecule has 0 aliphatic heterocycles. The molecule has 0 amide bonds. The molecule has 1 N–H and O–H groups in total. The fourth-order valence-electron chi connectivity index (χ4n) is 0.784. The summed E-state index contributed by atoms with van der Waals surface area (Å²) in [6.07, 6.45) is 1.58. The first kappa shape index (κ1) is 15.0. The lowest BCUT2D eigenvalue weighted by atomic mass is 10.2. The van der Waals surface area contributed by atoms with Gasteiger partial charge in [0.25, 0.3) is 0 Å². The Bertz CT molecular complexity index is 289. The number of hydrogen-bond donors (Lipinski definition) is 1. The maximum absolute atomic E-state index is 11.3. The molecule has 0 aliphatic rings. The van der Waals surface area contributed by atoms with Crippen molar-refractivity contribution < 1.29 is 19.4 Å². The summed E-state index contributed by atoms with van der Waals surface area (Å²) in [5, 5.41) is 8.57. The third-order valence-electron chi connectivity index (χ3n) is 1.48. The van der Waals surface area contributed by atoms with E-state index in [0.717, 1.165) is 0 Å². The largest absolute Gasteiger partial charge is 0.478 e. The molecule has 16 heavy (non-hydrogen) atoms.